The number of aromatic nitrogens is 2. The Kier molecular flexibility index (Phi) is 5.33. The van der Waals surface area contributed by atoms with Gasteiger partial charge in [0.05, 0.1) is 0 Å². The van der Waals surface area contributed by atoms with Crippen molar-refractivity contribution in [2.75, 3.05) is 12.3 Å². The number of anilines is 1. The molecular formula is C16H23N3O2. The molecule has 5 nitrogen and oxygen atoms in total. The fourth-order valence-electron chi connectivity index (χ4n) is 2.17. The molecule has 2 rings (SSSR count). The molecule has 0 aliphatic rings. The van der Waals surface area contributed by atoms with E-state index in [0.29, 0.717) is 30.7 Å². The van der Waals surface area contributed by atoms with Gasteiger partial charge < -0.3 is 15.0 Å². The van der Waals surface area contributed by atoms with Gasteiger partial charge in [-0.3, -0.25) is 0 Å². The summed E-state index contributed by atoms with van der Waals surface area (Å²) in [7, 11) is 0. The lowest BCUT2D eigenvalue weighted by Crippen LogP contribution is -2.12. The zero-order chi connectivity index (χ0) is 15.2. The van der Waals surface area contributed by atoms with Crippen molar-refractivity contribution in [2.45, 2.75) is 39.7 Å². The van der Waals surface area contributed by atoms with Crippen LogP contribution in [-0.2, 0) is 17.6 Å². The Hall–Kier alpha value is -1.88. The summed E-state index contributed by atoms with van der Waals surface area (Å²) >= 11 is 0. The molecule has 21 heavy (non-hydrogen) atoms. The number of nitrogens with zero attached hydrogens (tertiary/aromatic N) is 2. The number of hydrogen-bond acceptors (Lipinski definition) is 5. The Labute approximate surface area is 125 Å². The second kappa shape index (κ2) is 7.22. The van der Waals surface area contributed by atoms with Crippen LogP contribution in [-0.4, -0.2) is 16.7 Å². The lowest BCUT2D eigenvalue weighted by molar-refractivity contribution is 0.0217. The molecule has 0 aliphatic carbocycles. The SMILES string of the molecule is CCOC(c1noc(CCc2ccc(N)cc2)n1)C(C)C. The fraction of sp³-hybridized carbons (Fsp3) is 0.500. The molecule has 1 atom stereocenters. The van der Waals surface area contributed by atoms with Crippen molar-refractivity contribution >= 4 is 5.69 Å². The third-order valence-corrected chi connectivity index (χ3v) is 3.30. The molecule has 0 spiro atoms. The van der Waals surface area contributed by atoms with Crippen LogP contribution in [0.2, 0.25) is 0 Å². The van der Waals surface area contributed by atoms with Gasteiger partial charge in [0.2, 0.25) is 11.7 Å². The van der Waals surface area contributed by atoms with Crippen molar-refractivity contribution in [3.63, 3.8) is 0 Å². The topological polar surface area (TPSA) is 74.2 Å². The molecule has 1 heterocycles. The van der Waals surface area contributed by atoms with Crippen LogP contribution in [0.3, 0.4) is 0 Å². The predicted octanol–water partition coefficient (Wildman–Crippen LogP) is 3.17. The Morgan fingerprint density at radius 1 is 1.19 bits per heavy atom. The van der Waals surface area contributed by atoms with Gasteiger partial charge in [-0.05, 0) is 37.0 Å². The summed E-state index contributed by atoms with van der Waals surface area (Å²) in [6, 6.07) is 7.84. The summed E-state index contributed by atoms with van der Waals surface area (Å²) in [5, 5.41) is 4.05. The average molecular weight is 289 g/mol. The maximum absolute atomic E-state index is 5.68. The number of hydrogen-bond donors (Lipinski definition) is 1. The Morgan fingerprint density at radius 2 is 1.90 bits per heavy atom. The smallest absolute Gasteiger partial charge is 0.227 e. The summed E-state index contributed by atoms with van der Waals surface area (Å²) in [5.74, 6) is 1.60. The minimum Gasteiger partial charge on any atom is -0.399 e. The van der Waals surface area contributed by atoms with E-state index in [1.165, 1.54) is 5.56 Å². The van der Waals surface area contributed by atoms with Gasteiger partial charge in [0.15, 0.2) is 0 Å². The van der Waals surface area contributed by atoms with Crippen molar-refractivity contribution in [2.24, 2.45) is 5.92 Å². The number of ether oxygens (including phenoxy) is 1. The van der Waals surface area contributed by atoms with Crippen LogP contribution in [0.25, 0.3) is 0 Å². The molecule has 0 aliphatic heterocycles. The Balaban J connectivity index is 1.97. The third kappa shape index (κ3) is 4.29. The first-order chi connectivity index (χ1) is 10.1. The monoisotopic (exact) mass is 289 g/mol. The molecule has 0 amide bonds. The van der Waals surface area contributed by atoms with Gasteiger partial charge in [-0.25, -0.2) is 0 Å². The highest BCUT2D eigenvalue weighted by Gasteiger charge is 2.21. The molecule has 1 aromatic carbocycles. The average Bonchev–Trinajstić information content (AvgIpc) is 2.92. The van der Waals surface area contributed by atoms with Crippen molar-refractivity contribution in [3.05, 3.63) is 41.5 Å². The van der Waals surface area contributed by atoms with E-state index in [4.69, 9.17) is 15.0 Å². The molecule has 0 saturated carbocycles. The van der Waals surface area contributed by atoms with Gasteiger partial charge in [-0.15, -0.1) is 0 Å². The molecule has 0 fully saturated rings. The number of benzene rings is 1. The first-order valence-corrected chi connectivity index (χ1v) is 7.38. The van der Waals surface area contributed by atoms with Crippen LogP contribution in [0, 0.1) is 5.92 Å². The van der Waals surface area contributed by atoms with Crippen molar-refractivity contribution in [1.82, 2.24) is 10.1 Å². The first kappa shape index (κ1) is 15.5. The largest absolute Gasteiger partial charge is 0.399 e. The van der Waals surface area contributed by atoms with Gasteiger partial charge in [-0.1, -0.05) is 31.1 Å². The molecule has 0 bridgehead atoms. The van der Waals surface area contributed by atoms with Crippen molar-refractivity contribution < 1.29 is 9.26 Å². The molecule has 114 valence electrons. The van der Waals surface area contributed by atoms with E-state index in [-0.39, 0.29) is 6.10 Å². The second-order valence-electron chi connectivity index (χ2n) is 5.41. The third-order valence-electron chi connectivity index (χ3n) is 3.30. The highest BCUT2D eigenvalue weighted by Crippen LogP contribution is 2.23. The lowest BCUT2D eigenvalue weighted by Gasteiger charge is -2.16. The Morgan fingerprint density at radius 3 is 2.52 bits per heavy atom. The van der Waals surface area contributed by atoms with E-state index >= 15 is 0 Å². The fourth-order valence-corrected chi connectivity index (χ4v) is 2.17. The summed E-state index contributed by atoms with van der Waals surface area (Å²) < 4.78 is 11.0. The van der Waals surface area contributed by atoms with Gasteiger partial charge in [0.1, 0.15) is 6.10 Å². The van der Waals surface area contributed by atoms with E-state index in [1.54, 1.807) is 0 Å². The van der Waals surface area contributed by atoms with E-state index in [1.807, 2.05) is 31.2 Å². The molecule has 5 heteroatoms. The molecule has 0 saturated heterocycles. The van der Waals surface area contributed by atoms with Gasteiger partial charge in [-0.2, -0.15) is 4.98 Å². The number of aryl methyl sites for hydroxylation is 2. The van der Waals surface area contributed by atoms with Crippen molar-refractivity contribution in [1.29, 1.82) is 0 Å². The maximum Gasteiger partial charge on any atom is 0.227 e. The zero-order valence-electron chi connectivity index (χ0n) is 12.9. The molecule has 0 radical (unpaired) electrons. The normalized spacial score (nSPS) is 12.8. The van der Waals surface area contributed by atoms with Crippen LogP contribution in [0.5, 0.6) is 0 Å². The first-order valence-electron chi connectivity index (χ1n) is 7.38. The number of nitrogens with two attached hydrogens (primary N) is 1. The summed E-state index contributed by atoms with van der Waals surface area (Å²) in [4.78, 5) is 4.46. The maximum atomic E-state index is 5.68. The molecule has 2 aromatic rings. The molecule has 2 N–H and O–H groups in total. The van der Waals surface area contributed by atoms with Gasteiger partial charge in [0, 0.05) is 18.7 Å². The second-order valence-corrected chi connectivity index (χ2v) is 5.41. The molecule has 1 aromatic heterocycles. The van der Waals surface area contributed by atoms with Crippen LogP contribution in [0.15, 0.2) is 28.8 Å². The molecular weight excluding hydrogens is 266 g/mol. The number of rotatable bonds is 7. The quantitative estimate of drug-likeness (QED) is 0.792. The Bertz CT molecular complexity index is 549. The standard InChI is InChI=1S/C16H23N3O2/c1-4-20-15(11(2)3)16-18-14(21-19-16)10-7-12-5-8-13(17)9-6-12/h5-6,8-9,11,15H,4,7,10,17H2,1-3H3. The summed E-state index contributed by atoms with van der Waals surface area (Å²) in [5.41, 5.74) is 7.65. The lowest BCUT2D eigenvalue weighted by atomic mass is 10.1. The van der Waals surface area contributed by atoms with E-state index in [9.17, 15) is 0 Å². The molecule has 1 unspecified atom stereocenters. The van der Waals surface area contributed by atoms with E-state index in [0.717, 1.165) is 12.1 Å². The van der Waals surface area contributed by atoms with Crippen LogP contribution in [0.4, 0.5) is 5.69 Å². The van der Waals surface area contributed by atoms with Crippen LogP contribution < -0.4 is 5.73 Å². The van der Waals surface area contributed by atoms with Crippen molar-refractivity contribution in [3.8, 4) is 0 Å². The van der Waals surface area contributed by atoms with Crippen LogP contribution in [0.1, 0.15) is 44.2 Å². The van der Waals surface area contributed by atoms with E-state index < -0.39 is 0 Å². The minimum absolute atomic E-state index is 0.107. The summed E-state index contributed by atoms with van der Waals surface area (Å²) in [6.07, 6.45) is 1.46. The van der Waals surface area contributed by atoms with Gasteiger partial charge in [0.25, 0.3) is 0 Å². The minimum atomic E-state index is -0.107. The zero-order valence-corrected chi connectivity index (χ0v) is 12.9. The van der Waals surface area contributed by atoms with Gasteiger partial charge >= 0.3 is 0 Å². The predicted molar refractivity (Wildman–Crippen MR) is 81.8 cm³/mol. The number of nitrogen functional groups attached to an aromatic ring is 1. The van der Waals surface area contributed by atoms with Crippen LogP contribution >= 0.6 is 0 Å². The summed E-state index contributed by atoms with van der Waals surface area (Å²) in [6.45, 7) is 6.78. The highest BCUT2D eigenvalue weighted by atomic mass is 16.5. The highest BCUT2D eigenvalue weighted by molar-refractivity contribution is 5.39. The van der Waals surface area contributed by atoms with E-state index in [2.05, 4.69) is 24.0 Å².